The molecule has 1 heterocycles. The van der Waals surface area contributed by atoms with E-state index in [-0.39, 0.29) is 0 Å². The molecule has 4 heteroatoms. The molecule has 0 aliphatic rings. The Kier molecular flexibility index (Phi) is 1.73. The molecule has 0 spiro atoms. The van der Waals surface area contributed by atoms with Gasteiger partial charge >= 0.3 is 0 Å². The van der Waals surface area contributed by atoms with Crippen molar-refractivity contribution < 1.29 is 5.21 Å². The Hall–Kier alpha value is -1.84. The fourth-order valence-corrected chi connectivity index (χ4v) is 1.33. The molecule has 66 valence electrons. The summed E-state index contributed by atoms with van der Waals surface area (Å²) >= 11 is 0. The van der Waals surface area contributed by atoms with Gasteiger partial charge < -0.3 is 9.77 Å². The number of imidazole rings is 1. The fraction of sp³-hybridized carbons (Fsp3) is 0.111. The van der Waals surface area contributed by atoms with E-state index >= 15 is 0 Å². The lowest BCUT2D eigenvalue weighted by atomic mass is 10.3. The van der Waals surface area contributed by atoms with Crippen molar-refractivity contribution in [1.82, 2.24) is 9.55 Å². The maximum absolute atomic E-state index is 8.39. The summed E-state index contributed by atoms with van der Waals surface area (Å²) in [4.78, 5) is 4.26. The van der Waals surface area contributed by atoms with Gasteiger partial charge in [-0.05, 0) is 12.1 Å². The number of rotatable bonds is 1. The molecule has 0 amide bonds. The third-order valence-corrected chi connectivity index (χ3v) is 1.99. The van der Waals surface area contributed by atoms with Crippen LogP contribution in [0.1, 0.15) is 5.82 Å². The van der Waals surface area contributed by atoms with Gasteiger partial charge in [0.2, 0.25) is 0 Å². The van der Waals surface area contributed by atoms with E-state index in [4.69, 9.17) is 5.21 Å². The number of aryl methyl sites for hydroxylation is 1. The van der Waals surface area contributed by atoms with Crippen LogP contribution in [0.5, 0.6) is 0 Å². The number of fused-ring (bicyclic) bond motifs is 1. The molecule has 1 aromatic heterocycles. The molecule has 4 nitrogen and oxygen atoms in total. The molecule has 0 unspecified atom stereocenters. The van der Waals surface area contributed by atoms with Gasteiger partial charge in [0.25, 0.3) is 0 Å². The molecule has 0 fully saturated rings. The number of benzene rings is 1. The minimum atomic E-state index is 0.642. The largest absolute Gasteiger partial charge is 0.411 e. The average molecular weight is 175 g/mol. The van der Waals surface area contributed by atoms with Crippen molar-refractivity contribution in [3.63, 3.8) is 0 Å². The van der Waals surface area contributed by atoms with E-state index in [1.807, 2.05) is 35.9 Å². The summed E-state index contributed by atoms with van der Waals surface area (Å²) in [6.45, 7) is 0. The van der Waals surface area contributed by atoms with Gasteiger partial charge in [-0.15, -0.1) is 0 Å². The second-order valence-electron chi connectivity index (χ2n) is 2.76. The van der Waals surface area contributed by atoms with Crippen LogP contribution in [0.2, 0.25) is 0 Å². The summed E-state index contributed by atoms with van der Waals surface area (Å²) in [5.41, 5.74) is 1.93. The molecule has 0 bridgehead atoms. The van der Waals surface area contributed by atoms with E-state index in [0.29, 0.717) is 5.82 Å². The Morgan fingerprint density at radius 2 is 2.23 bits per heavy atom. The van der Waals surface area contributed by atoms with Crippen LogP contribution in [0.4, 0.5) is 0 Å². The van der Waals surface area contributed by atoms with Crippen LogP contribution in [-0.2, 0) is 7.05 Å². The molecule has 0 atom stereocenters. The van der Waals surface area contributed by atoms with E-state index in [1.165, 1.54) is 6.21 Å². The standard InChI is InChI=1S/C9H9N3O/c1-12-8-5-3-2-4-7(8)11-9(12)6-10-13/h2-6,13H,1H3. The van der Waals surface area contributed by atoms with Crippen molar-refractivity contribution in [3.05, 3.63) is 30.1 Å². The topological polar surface area (TPSA) is 50.4 Å². The fourth-order valence-electron chi connectivity index (χ4n) is 1.33. The SMILES string of the molecule is Cn1c(C=NO)nc2ccccc21. The Labute approximate surface area is 75.1 Å². The molecule has 13 heavy (non-hydrogen) atoms. The van der Waals surface area contributed by atoms with Gasteiger partial charge in [0.15, 0.2) is 5.82 Å². The first-order valence-electron chi connectivity index (χ1n) is 3.92. The van der Waals surface area contributed by atoms with Crippen LogP contribution in [0.15, 0.2) is 29.4 Å². The Morgan fingerprint density at radius 1 is 1.46 bits per heavy atom. The van der Waals surface area contributed by atoms with Gasteiger partial charge in [-0.1, -0.05) is 17.3 Å². The third kappa shape index (κ3) is 1.16. The lowest BCUT2D eigenvalue weighted by Crippen LogP contribution is -1.95. The zero-order valence-corrected chi connectivity index (χ0v) is 7.18. The van der Waals surface area contributed by atoms with Crippen LogP contribution in [0.3, 0.4) is 0 Å². The number of aromatic nitrogens is 2. The molecule has 0 radical (unpaired) electrons. The summed E-state index contributed by atoms with van der Waals surface area (Å²) in [7, 11) is 1.88. The molecular weight excluding hydrogens is 166 g/mol. The Balaban J connectivity index is 2.73. The lowest BCUT2D eigenvalue weighted by Gasteiger charge is -1.94. The summed E-state index contributed by atoms with van der Waals surface area (Å²) in [6.07, 6.45) is 1.32. The molecule has 0 aliphatic carbocycles. The van der Waals surface area contributed by atoms with Crippen molar-refractivity contribution >= 4 is 17.2 Å². The Bertz CT molecular complexity index is 459. The van der Waals surface area contributed by atoms with E-state index < -0.39 is 0 Å². The summed E-state index contributed by atoms with van der Waals surface area (Å²) in [6, 6.07) is 7.76. The molecule has 0 saturated heterocycles. The van der Waals surface area contributed by atoms with Crippen molar-refractivity contribution in [1.29, 1.82) is 0 Å². The number of hydrogen-bond acceptors (Lipinski definition) is 3. The number of nitrogens with zero attached hydrogens (tertiary/aromatic N) is 3. The van der Waals surface area contributed by atoms with Gasteiger partial charge in [0, 0.05) is 7.05 Å². The molecule has 2 aromatic rings. The Morgan fingerprint density at radius 3 is 2.92 bits per heavy atom. The molecule has 0 aliphatic heterocycles. The zero-order valence-electron chi connectivity index (χ0n) is 7.18. The highest BCUT2D eigenvalue weighted by Crippen LogP contribution is 2.12. The monoisotopic (exact) mass is 175 g/mol. The van der Waals surface area contributed by atoms with Gasteiger partial charge in [0.1, 0.15) is 6.21 Å². The lowest BCUT2D eigenvalue weighted by molar-refractivity contribution is 0.321. The highest BCUT2D eigenvalue weighted by Gasteiger charge is 2.03. The maximum atomic E-state index is 8.39. The maximum Gasteiger partial charge on any atom is 0.155 e. The van der Waals surface area contributed by atoms with Crippen molar-refractivity contribution in [2.45, 2.75) is 0 Å². The minimum Gasteiger partial charge on any atom is -0.411 e. The molecule has 1 aromatic carbocycles. The average Bonchev–Trinajstić information content (AvgIpc) is 2.46. The number of para-hydroxylation sites is 2. The van der Waals surface area contributed by atoms with Crippen molar-refractivity contribution in [2.24, 2.45) is 12.2 Å². The molecular formula is C9H9N3O. The summed E-state index contributed by atoms with van der Waals surface area (Å²) in [5.74, 6) is 0.642. The summed E-state index contributed by atoms with van der Waals surface area (Å²) < 4.78 is 1.87. The van der Waals surface area contributed by atoms with Crippen LogP contribution in [0, 0.1) is 0 Å². The van der Waals surface area contributed by atoms with Crippen LogP contribution < -0.4 is 0 Å². The smallest absolute Gasteiger partial charge is 0.155 e. The summed E-state index contributed by atoms with van der Waals surface area (Å²) in [5, 5.41) is 11.3. The first-order chi connectivity index (χ1) is 6.33. The second kappa shape index (κ2) is 2.90. The highest BCUT2D eigenvalue weighted by molar-refractivity contribution is 5.84. The van der Waals surface area contributed by atoms with Crippen LogP contribution in [0.25, 0.3) is 11.0 Å². The minimum absolute atomic E-state index is 0.642. The molecule has 0 saturated carbocycles. The number of hydrogen-bond donors (Lipinski definition) is 1. The normalized spacial score (nSPS) is 11.5. The van der Waals surface area contributed by atoms with Crippen LogP contribution in [-0.4, -0.2) is 21.0 Å². The van der Waals surface area contributed by atoms with Crippen LogP contribution >= 0.6 is 0 Å². The third-order valence-electron chi connectivity index (χ3n) is 1.99. The van der Waals surface area contributed by atoms with Crippen molar-refractivity contribution in [3.8, 4) is 0 Å². The van der Waals surface area contributed by atoms with Gasteiger partial charge in [-0.2, -0.15) is 0 Å². The van der Waals surface area contributed by atoms with Gasteiger partial charge in [0.05, 0.1) is 11.0 Å². The molecule has 1 N–H and O–H groups in total. The van der Waals surface area contributed by atoms with E-state index in [1.54, 1.807) is 0 Å². The van der Waals surface area contributed by atoms with E-state index in [2.05, 4.69) is 10.1 Å². The highest BCUT2D eigenvalue weighted by atomic mass is 16.4. The number of oxime groups is 1. The van der Waals surface area contributed by atoms with Gasteiger partial charge in [-0.3, -0.25) is 0 Å². The van der Waals surface area contributed by atoms with E-state index in [0.717, 1.165) is 11.0 Å². The van der Waals surface area contributed by atoms with E-state index in [9.17, 15) is 0 Å². The first kappa shape index (κ1) is 7.79. The second-order valence-corrected chi connectivity index (χ2v) is 2.76. The quantitative estimate of drug-likeness (QED) is 0.404. The predicted octanol–water partition coefficient (Wildman–Crippen LogP) is 1.38. The van der Waals surface area contributed by atoms with Gasteiger partial charge in [-0.25, -0.2) is 4.98 Å². The van der Waals surface area contributed by atoms with Crippen molar-refractivity contribution in [2.75, 3.05) is 0 Å². The zero-order chi connectivity index (χ0) is 9.26. The predicted molar refractivity (Wildman–Crippen MR) is 50.1 cm³/mol. The first-order valence-corrected chi connectivity index (χ1v) is 3.92. The molecule has 2 rings (SSSR count).